The molecule has 12 heteroatoms. The number of imidazole rings is 1. The number of aryl methyl sites for hydroxylation is 1. The summed E-state index contributed by atoms with van der Waals surface area (Å²) in [6.45, 7) is 5.40. The fourth-order valence-corrected chi connectivity index (χ4v) is 7.00. The summed E-state index contributed by atoms with van der Waals surface area (Å²) >= 11 is 0. The van der Waals surface area contributed by atoms with Crippen molar-refractivity contribution in [3.8, 4) is 11.5 Å². The summed E-state index contributed by atoms with van der Waals surface area (Å²) in [7, 11) is 4.95. The van der Waals surface area contributed by atoms with Gasteiger partial charge in [0.05, 0.1) is 36.2 Å². The number of hydrogen-bond acceptors (Lipinski definition) is 8. The minimum atomic E-state index is -0.378. The number of carbonyl (C=O) groups is 2. The van der Waals surface area contributed by atoms with E-state index in [9.17, 15) is 14.4 Å². The van der Waals surface area contributed by atoms with Crippen LogP contribution in [-0.4, -0.2) is 102 Å². The van der Waals surface area contributed by atoms with Gasteiger partial charge in [-0.1, -0.05) is 18.2 Å². The van der Waals surface area contributed by atoms with Crippen molar-refractivity contribution in [2.45, 2.75) is 12.8 Å². The van der Waals surface area contributed by atoms with Gasteiger partial charge < -0.3 is 34.1 Å². The van der Waals surface area contributed by atoms with E-state index in [0.717, 1.165) is 30.7 Å². The van der Waals surface area contributed by atoms with Gasteiger partial charge in [0.15, 0.2) is 17.1 Å². The van der Waals surface area contributed by atoms with Crippen LogP contribution in [-0.2, 0) is 7.05 Å². The molecule has 2 saturated heterocycles. The zero-order chi connectivity index (χ0) is 32.7. The van der Waals surface area contributed by atoms with Crippen molar-refractivity contribution in [1.82, 2.24) is 29.1 Å². The third-order valence-corrected chi connectivity index (χ3v) is 9.44. The minimum Gasteiger partial charge on any atom is -0.493 e. The van der Waals surface area contributed by atoms with Gasteiger partial charge in [0.25, 0.3) is 11.8 Å². The third-order valence-electron chi connectivity index (χ3n) is 9.44. The van der Waals surface area contributed by atoms with Crippen molar-refractivity contribution in [2.75, 3.05) is 71.5 Å². The number of anilines is 1. The number of nitrogens with one attached hydrogen (secondary N) is 1. The zero-order valence-electron chi connectivity index (χ0n) is 27.0. The number of amides is 2. The molecule has 0 radical (unpaired) electrons. The molecule has 244 valence electrons. The number of pyridine rings is 2. The molecular formula is C35H39N7O5. The SMILES string of the molecule is COc1cccc(C(=O)N2CCN(c3ccc4c(=O)c(C(=O)NCCN5CCCC5)c5n(C)c6ccccc6n5c4n3)CC2)c1OC. The zero-order valence-corrected chi connectivity index (χ0v) is 27.0. The van der Waals surface area contributed by atoms with Crippen LogP contribution in [0.15, 0.2) is 59.4 Å². The van der Waals surface area contributed by atoms with Gasteiger partial charge in [-0.2, -0.15) is 0 Å². The van der Waals surface area contributed by atoms with E-state index in [4.69, 9.17) is 14.5 Å². The van der Waals surface area contributed by atoms with Gasteiger partial charge in [-0.25, -0.2) is 4.98 Å². The lowest BCUT2D eigenvalue weighted by Gasteiger charge is -2.35. The van der Waals surface area contributed by atoms with E-state index in [1.165, 1.54) is 20.0 Å². The van der Waals surface area contributed by atoms with Gasteiger partial charge in [0.1, 0.15) is 17.0 Å². The smallest absolute Gasteiger partial charge is 0.259 e. The molecule has 2 aliphatic heterocycles. The number of ether oxygens (including phenoxy) is 2. The number of nitrogens with zero attached hydrogens (tertiary/aromatic N) is 6. The number of aromatic nitrogens is 3. The van der Waals surface area contributed by atoms with Crippen LogP contribution in [0.2, 0.25) is 0 Å². The summed E-state index contributed by atoms with van der Waals surface area (Å²) in [5.74, 6) is 1.13. The van der Waals surface area contributed by atoms with Crippen molar-refractivity contribution in [3.05, 3.63) is 75.9 Å². The van der Waals surface area contributed by atoms with Crippen LogP contribution in [0.5, 0.6) is 11.5 Å². The van der Waals surface area contributed by atoms with Crippen LogP contribution in [0.1, 0.15) is 33.6 Å². The first-order valence-corrected chi connectivity index (χ1v) is 16.1. The van der Waals surface area contributed by atoms with Crippen molar-refractivity contribution in [2.24, 2.45) is 7.05 Å². The Morgan fingerprint density at radius 1 is 0.872 bits per heavy atom. The molecule has 12 nitrogen and oxygen atoms in total. The highest BCUT2D eigenvalue weighted by molar-refractivity contribution is 6.06. The summed E-state index contributed by atoms with van der Waals surface area (Å²) in [6.07, 6.45) is 2.36. The van der Waals surface area contributed by atoms with E-state index >= 15 is 0 Å². The van der Waals surface area contributed by atoms with Gasteiger partial charge in [-0.3, -0.25) is 18.8 Å². The largest absolute Gasteiger partial charge is 0.493 e. The molecule has 7 rings (SSSR count). The van der Waals surface area contributed by atoms with Gasteiger partial charge >= 0.3 is 0 Å². The topological polar surface area (TPSA) is 114 Å². The maximum Gasteiger partial charge on any atom is 0.259 e. The number of para-hydroxylation sites is 3. The Hall–Kier alpha value is -5.10. The first-order chi connectivity index (χ1) is 22.9. The van der Waals surface area contributed by atoms with Crippen molar-refractivity contribution < 1.29 is 19.1 Å². The maximum absolute atomic E-state index is 14.1. The number of piperazine rings is 1. The minimum absolute atomic E-state index is 0.118. The highest BCUT2D eigenvalue weighted by atomic mass is 16.5. The van der Waals surface area contributed by atoms with E-state index in [0.29, 0.717) is 72.3 Å². The van der Waals surface area contributed by atoms with Crippen molar-refractivity contribution >= 4 is 45.3 Å². The van der Waals surface area contributed by atoms with Crippen molar-refractivity contribution in [1.29, 1.82) is 0 Å². The lowest BCUT2D eigenvalue weighted by molar-refractivity contribution is 0.0742. The molecule has 0 unspecified atom stereocenters. The van der Waals surface area contributed by atoms with E-state index in [1.807, 2.05) is 46.3 Å². The summed E-state index contributed by atoms with van der Waals surface area (Å²) in [5.41, 5.74) is 2.98. The molecule has 2 aromatic carbocycles. The Kier molecular flexibility index (Phi) is 8.19. The molecule has 2 amide bonds. The maximum atomic E-state index is 14.1. The molecule has 0 atom stereocenters. The number of methoxy groups -OCH3 is 2. The highest BCUT2D eigenvalue weighted by Crippen LogP contribution is 2.32. The van der Waals surface area contributed by atoms with Crippen LogP contribution in [0.25, 0.3) is 27.7 Å². The second-order valence-electron chi connectivity index (χ2n) is 12.1. The number of benzene rings is 2. The number of hydrogen-bond donors (Lipinski definition) is 1. The molecule has 0 saturated carbocycles. The van der Waals surface area contributed by atoms with Gasteiger partial charge in [-0.15, -0.1) is 0 Å². The molecule has 1 N–H and O–H groups in total. The fraction of sp³-hybridized carbons (Fsp3) is 0.371. The quantitative estimate of drug-likeness (QED) is 0.276. The van der Waals surface area contributed by atoms with Gasteiger partial charge in [0, 0.05) is 46.3 Å². The molecular weight excluding hydrogens is 598 g/mol. The Morgan fingerprint density at radius 2 is 1.62 bits per heavy atom. The van der Waals surface area contributed by atoms with E-state index in [1.54, 1.807) is 36.3 Å². The van der Waals surface area contributed by atoms with Crippen LogP contribution in [0, 0.1) is 0 Å². The van der Waals surface area contributed by atoms with Crippen LogP contribution < -0.4 is 25.1 Å². The highest BCUT2D eigenvalue weighted by Gasteiger charge is 2.28. The number of likely N-dealkylation sites (tertiary alicyclic amines) is 1. The molecule has 5 heterocycles. The Labute approximate surface area is 272 Å². The van der Waals surface area contributed by atoms with Crippen LogP contribution >= 0.6 is 0 Å². The lowest BCUT2D eigenvalue weighted by Crippen LogP contribution is -2.49. The fourth-order valence-electron chi connectivity index (χ4n) is 7.00. The summed E-state index contributed by atoms with van der Waals surface area (Å²) in [4.78, 5) is 52.5. The third kappa shape index (κ3) is 5.32. The molecule has 2 aliphatic rings. The first kappa shape index (κ1) is 30.5. The van der Waals surface area contributed by atoms with Crippen LogP contribution in [0.3, 0.4) is 0 Å². The molecule has 0 bridgehead atoms. The average Bonchev–Trinajstić information content (AvgIpc) is 3.74. The predicted molar refractivity (Wildman–Crippen MR) is 181 cm³/mol. The predicted octanol–water partition coefficient (Wildman–Crippen LogP) is 3.14. The first-order valence-electron chi connectivity index (χ1n) is 16.1. The second-order valence-corrected chi connectivity index (χ2v) is 12.1. The monoisotopic (exact) mass is 637 g/mol. The van der Waals surface area contributed by atoms with Crippen molar-refractivity contribution in [3.63, 3.8) is 0 Å². The van der Waals surface area contributed by atoms with Gasteiger partial charge in [0.2, 0.25) is 5.43 Å². The second kappa shape index (κ2) is 12.6. The molecule has 5 aromatic rings. The molecule has 2 fully saturated rings. The normalized spacial score (nSPS) is 15.6. The molecule has 3 aromatic heterocycles. The molecule has 0 aliphatic carbocycles. The average molecular weight is 638 g/mol. The Bertz CT molecular complexity index is 2060. The standard InChI is InChI=1S/C35H39N7O5/c1-38-25-10-4-5-11-26(25)42-32-23(30(43)29(34(38)42)33(44)36-15-18-39-16-6-7-17-39)13-14-28(37-32)40-19-21-41(22-20-40)35(45)24-9-8-12-27(46-2)31(24)47-3/h4-5,8-14H,6-7,15-22H2,1-3H3,(H,36,44). The lowest BCUT2D eigenvalue weighted by atomic mass is 10.1. The summed E-state index contributed by atoms with van der Waals surface area (Å²) in [5, 5.41) is 3.39. The summed E-state index contributed by atoms with van der Waals surface area (Å²) < 4.78 is 14.7. The van der Waals surface area contributed by atoms with E-state index in [2.05, 4.69) is 15.1 Å². The van der Waals surface area contributed by atoms with Crippen LogP contribution in [0.4, 0.5) is 5.82 Å². The van der Waals surface area contributed by atoms with E-state index < -0.39 is 0 Å². The molecule has 47 heavy (non-hydrogen) atoms. The molecule has 0 spiro atoms. The number of carbonyl (C=O) groups excluding carboxylic acids is 2. The van der Waals surface area contributed by atoms with E-state index in [-0.39, 0.29) is 22.8 Å². The Balaban J connectivity index is 1.21. The number of fused-ring (bicyclic) bond motifs is 5. The summed E-state index contributed by atoms with van der Waals surface area (Å²) in [6, 6.07) is 16.7. The Morgan fingerprint density at radius 3 is 2.34 bits per heavy atom. The van der Waals surface area contributed by atoms with Gasteiger partial charge in [-0.05, 0) is 62.3 Å². The number of rotatable bonds is 8.